The molecule has 1 aliphatic rings. The lowest BCUT2D eigenvalue weighted by Gasteiger charge is -2.27. The second kappa shape index (κ2) is 15.7. The highest BCUT2D eigenvalue weighted by molar-refractivity contribution is 6.06. The van der Waals surface area contributed by atoms with E-state index in [1.54, 1.807) is 43.9 Å². The number of rotatable bonds is 11. The maximum Gasteiger partial charge on any atom is 0.417 e. The number of amides is 2. The number of carbonyl (C=O) groups is 2. The van der Waals surface area contributed by atoms with E-state index in [1.165, 1.54) is 49.6 Å². The number of benzene rings is 3. The van der Waals surface area contributed by atoms with Gasteiger partial charge in [-0.3, -0.25) is 9.59 Å². The predicted octanol–water partition coefficient (Wildman–Crippen LogP) is 7.13. The number of carbonyl (C=O) groups excluding carboxylic acids is 2. The molecule has 2 amide bonds. The van der Waals surface area contributed by atoms with Gasteiger partial charge in [-0.1, -0.05) is 18.2 Å². The third kappa shape index (κ3) is 8.39. The largest absolute Gasteiger partial charge is 0.417 e. The molecular formula is C37H39F3N6O4. The van der Waals surface area contributed by atoms with E-state index in [2.05, 4.69) is 20.9 Å². The summed E-state index contributed by atoms with van der Waals surface area (Å²) in [5.41, 5.74) is 0.633. The third-order valence-electron chi connectivity index (χ3n) is 8.97. The lowest BCUT2D eigenvalue weighted by Crippen LogP contribution is -2.35. The Balaban J connectivity index is 1.28. The maximum absolute atomic E-state index is 14.3. The van der Waals surface area contributed by atoms with Crippen molar-refractivity contribution in [2.75, 3.05) is 31.4 Å². The van der Waals surface area contributed by atoms with Gasteiger partial charge in [0.05, 0.1) is 34.0 Å². The molecule has 1 heterocycles. The van der Waals surface area contributed by atoms with E-state index >= 15 is 0 Å². The fourth-order valence-corrected chi connectivity index (χ4v) is 6.13. The SMILES string of the molecule is COC1CCC(NC/C=C/C(=O)Nc2ccc(C(=O)Nc3cccc(-c4cc5nc([C@@H](C)OC)n(C)c5cc4C(F)(F)F)c3)cc2C#N)CC1. The van der Waals surface area contributed by atoms with E-state index in [0.29, 0.717) is 35.5 Å². The Bertz CT molecular complexity index is 1940. The average Bonchev–Trinajstić information content (AvgIpc) is 3.44. The molecule has 1 saturated carbocycles. The number of ether oxygens (including phenoxy) is 2. The molecule has 0 spiro atoms. The molecule has 1 atom stereocenters. The number of nitrogens with one attached hydrogen (secondary N) is 3. The lowest BCUT2D eigenvalue weighted by atomic mass is 9.93. The van der Waals surface area contributed by atoms with Crippen LogP contribution in [0, 0.1) is 11.3 Å². The number of hydrogen-bond acceptors (Lipinski definition) is 7. The van der Waals surface area contributed by atoms with E-state index < -0.39 is 29.7 Å². The highest BCUT2D eigenvalue weighted by Gasteiger charge is 2.35. The van der Waals surface area contributed by atoms with E-state index in [0.717, 1.165) is 31.7 Å². The summed E-state index contributed by atoms with van der Waals surface area (Å²) in [5.74, 6) is -0.528. The minimum absolute atomic E-state index is 0.0711. The number of nitriles is 1. The third-order valence-corrected chi connectivity index (χ3v) is 8.97. The summed E-state index contributed by atoms with van der Waals surface area (Å²) in [6.07, 6.45) is 2.32. The number of anilines is 2. The second-order valence-electron chi connectivity index (χ2n) is 12.2. The summed E-state index contributed by atoms with van der Waals surface area (Å²) < 4.78 is 55.3. The second-order valence-corrected chi connectivity index (χ2v) is 12.2. The summed E-state index contributed by atoms with van der Waals surface area (Å²) in [5, 5.41) is 18.5. The fraction of sp³-hybridized carbons (Fsp3) is 0.351. The first-order valence-electron chi connectivity index (χ1n) is 16.2. The zero-order chi connectivity index (χ0) is 36.0. The van der Waals surface area contributed by atoms with Crippen LogP contribution < -0.4 is 16.0 Å². The molecule has 4 aromatic rings. The topological polar surface area (TPSA) is 130 Å². The van der Waals surface area contributed by atoms with Gasteiger partial charge in [0.1, 0.15) is 18.0 Å². The van der Waals surface area contributed by atoms with Crippen LogP contribution in [0.2, 0.25) is 0 Å². The molecule has 1 aliphatic carbocycles. The van der Waals surface area contributed by atoms with Crippen molar-refractivity contribution >= 4 is 34.2 Å². The fourth-order valence-electron chi connectivity index (χ4n) is 6.13. The number of methoxy groups -OCH3 is 2. The van der Waals surface area contributed by atoms with E-state index in [9.17, 15) is 28.0 Å². The number of alkyl halides is 3. The predicted molar refractivity (Wildman–Crippen MR) is 185 cm³/mol. The number of aromatic nitrogens is 2. The Labute approximate surface area is 288 Å². The van der Waals surface area contributed by atoms with Gasteiger partial charge < -0.3 is 30.0 Å². The van der Waals surface area contributed by atoms with Crippen LogP contribution in [-0.2, 0) is 27.5 Å². The molecule has 1 aromatic heterocycles. The minimum atomic E-state index is -4.67. The van der Waals surface area contributed by atoms with Crippen LogP contribution in [-0.4, -0.2) is 54.3 Å². The molecule has 0 bridgehead atoms. The summed E-state index contributed by atoms with van der Waals surface area (Å²) >= 11 is 0. The van der Waals surface area contributed by atoms with Crippen LogP contribution in [0.1, 0.15) is 66.0 Å². The Kier molecular flexibility index (Phi) is 11.4. The molecule has 262 valence electrons. The molecular weight excluding hydrogens is 649 g/mol. The molecule has 50 heavy (non-hydrogen) atoms. The van der Waals surface area contributed by atoms with Gasteiger partial charge in [0.25, 0.3) is 5.91 Å². The van der Waals surface area contributed by atoms with E-state index in [-0.39, 0.29) is 33.6 Å². The first kappa shape index (κ1) is 36.3. The molecule has 3 N–H and O–H groups in total. The maximum atomic E-state index is 14.3. The highest BCUT2D eigenvalue weighted by Crippen LogP contribution is 2.40. The first-order chi connectivity index (χ1) is 23.9. The van der Waals surface area contributed by atoms with Crippen molar-refractivity contribution < 1.29 is 32.2 Å². The van der Waals surface area contributed by atoms with E-state index in [1.807, 2.05) is 6.07 Å². The Hall–Kier alpha value is -5.03. The summed E-state index contributed by atoms with van der Waals surface area (Å²) in [6.45, 7) is 2.28. The van der Waals surface area contributed by atoms with Gasteiger partial charge in [-0.05, 0) is 86.2 Å². The molecule has 3 aromatic carbocycles. The average molecular weight is 689 g/mol. The van der Waals surface area contributed by atoms with Crippen molar-refractivity contribution in [3.05, 3.63) is 89.3 Å². The molecule has 0 radical (unpaired) electrons. The standard InChI is InChI=1S/C37H39F3N6O4/c1-22(49-3)35-45-32-19-29(30(37(38,39)40)20-33(32)46(35)2)23-7-5-8-27(18-23)43-36(48)24-10-15-31(25(17-24)21-41)44-34(47)9-6-16-42-26-11-13-28(50-4)14-12-26/h5-10,15,17-20,22,26,28,42H,11-14,16H2,1-4H3,(H,43,48)(H,44,47)/b9-6+/t22-,26?,28?/m1/s1. The van der Waals surface area contributed by atoms with Crippen molar-refractivity contribution in [1.82, 2.24) is 14.9 Å². The number of aryl methyl sites for hydroxylation is 1. The number of nitrogens with zero attached hydrogens (tertiary/aromatic N) is 3. The highest BCUT2D eigenvalue weighted by atomic mass is 19.4. The summed E-state index contributed by atoms with van der Waals surface area (Å²) in [7, 11) is 4.87. The Morgan fingerprint density at radius 1 is 1.08 bits per heavy atom. The summed E-state index contributed by atoms with van der Waals surface area (Å²) in [4.78, 5) is 30.3. The van der Waals surface area contributed by atoms with Crippen LogP contribution in [0.3, 0.4) is 0 Å². The molecule has 10 nitrogen and oxygen atoms in total. The number of fused-ring (bicyclic) bond motifs is 1. The van der Waals surface area contributed by atoms with Crippen molar-refractivity contribution in [2.24, 2.45) is 7.05 Å². The van der Waals surface area contributed by atoms with Crippen molar-refractivity contribution in [2.45, 2.75) is 57.0 Å². The van der Waals surface area contributed by atoms with Gasteiger partial charge in [-0.25, -0.2) is 4.98 Å². The van der Waals surface area contributed by atoms with Gasteiger partial charge in [0.2, 0.25) is 5.91 Å². The zero-order valence-corrected chi connectivity index (χ0v) is 28.2. The Morgan fingerprint density at radius 2 is 1.84 bits per heavy atom. The van der Waals surface area contributed by atoms with Crippen LogP contribution in [0.4, 0.5) is 24.5 Å². The minimum Gasteiger partial charge on any atom is -0.381 e. The zero-order valence-electron chi connectivity index (χ0n) is 28.2. The first-order valence-corrected chi connectivity index (χ1v) is 16.2. The normalized spacial score (nSPS) is 17.1. The van der Waals surface area contributed by atoms with Crippen LogP contribution >= 0.6 is 0 Å². The molecule has 13 heteroatoms. The van der Waals surface area contributed by atoms with Gasteiger partial charge in [-0.15, -0.1) is 0 Å². The van der Waals surface area contributed by atoms with Gasteiger partial charge in [0, 0.05) is 51.2 Å². The van der Waals surface area contributed by atoms with Crippen molar-refractivity contribution in [1.29, 1.82) is 5.26 Å². The molecule has 0 aliphatic heterocycles. The molecule has 0 unspecified atom stereocenters. The monoisotopic (exact) mass is 688 g/mol. The number of imidazole rings is 1. The number of hydrogen-bond donors (Lipinski definition) is 3. The Morgan fingerprint density at radius 3 is 2.52 bits per heavy atom. The summed E-state index contributed by atoms with van der Waals surface area (Å²) in [6, 6.07) is 15.1. The van der Waals surface area contributed by atoms with Crippen LogP contribution in [0.15, 0.2) is 66.7 Å². The van der Waals surface area contributed by atoms with E-state index in [4.69, 9.17) is 9.47 Å². The van der Waals surface area contributed by atoms with Crippen molar-refractivity contribution in [3.8, 4) is 17.2 Å². The van der Waals surface area contributed by atoms with Gasteiger partial charge in [-0.2, -0.15) is 18.4 Å². The van der Waals surface area contributed by atoms with Gasteiger partial charge >= 0.3 is 6.18 Å². The van der Waals surface area contributed by atoms with Crippen LogP contribution in [0.5, 0.6) is 0 Å². The van der Waals surface area contributed by atoms with Crippen molar-refractivity contribution in [3.63, 3.8) is 0 Å². The molecule has 0 saturated heterocycles. The molecule has 5 rings (SSSR count). The molecule has 1 fully saturated rings. The van der Waals surface area contributed by atoms with Gasteiger partial charge in [0.15, 0.2) is 0 Å². The van der Waals surface area contributed by atoms with Crippen LogP contribution in [0.25, 0.3) is 22.2 Å². The lowest BCUT2D eigenvalue weighted by molar-refractivity contribution is -0.137. The number of halogens is 3. The smallest absolute Gasteiger partial charge is 0.381 e. The quantitative estimate of drug-likeness (QED) is 0.143.